The van der Waals surface area contributed by atoms with E-state index in [1.807, 2.05) is 0 Å². The molecule has 68 valence electrons. The first kappa shape index (κ1) is 9.24. The smallest absolute Gasteiger partial charge is 0.258 e. The summed E-state index contributed by atoms with van der Waals surface area (Å²) in [5.74, 6) is -0.963. The van der Waals surface area contributed by atoms with Crippen LogP contribution in [0.3, 0.4) is 0 Å². The van der Waals surface area contributed by atoms with Gasteiger partial charge in [-0.25, -0.2) is 0 Å². The molecule has 0 N–H and O–H groups in total. The van der Waals surface area contributed by atoms with Crippen molar-refractivity contribution >= 4 is 11.4 Å². The Morgan fingerprint density at radius 1 is 1.54 bits per heavy atom. The first-order valence-corrected chi connectivity index (χ1v) is 3.34. The van der Waals surface area contributed by atoms with Gasteiger partial charge in [-0.2, -0.15) is 4.39 Å². The van der Waals surface area contributed by atoms with Gasteiger partial charge in [-0.3, -0.25) is 10.1 Å². The predicted molar refractivity (Wildman–Crippen MR) is 43.2 cm³/mol. The molecule has 0 atom stereocenters. The largest absolute Gasteiger partial charge is 0.307 e. The summed E-state index contributed by atoms with van der Waals surface area (Å²) in [6.45, 7) is 1.45. The molecule has 0 aliphatic rings. The topological polar surface area (TPSA) is 72.6 Å². The molecular formula is C7H5FN2O3. The van der Waals surface area contributed by atoms with E-state index < -0.39 is 16.4 Å². The molecule has 0 radical (unpaired) electrons. The van der Waals surface area contributed by atoms with Crippen LogP contribution in [-0.2, 0) is 0 Å². The summed E-state index contributed by atoms with van der Waals surface area (Å²) in [6.07, 6.45) is 0. The van der Waals surface area contributed by atoms with Crippen molar-refractivity contribution in [1.82, 2.24) is 0 Å². The number of nitroso groups, excluding NO2 is 1. The van der Waals surface area contributed by atoms with Crippen LogP contribution in [0.5, 0.6) is 0 Å². The van der Waals surface area contributed by atoms with Gasteiger partial charge in [0.05, 0.1) is 4.92 Å². The van der Waals surface area contributed by atoms with Gasteiger partial charge >= 0.3 is 5.69 Å². The molecule has 0 unspecified atom stereocenters. The minimum Gasteiger partial charge on any atom is -0.258 e. The molecule has 13 heavy (non-hydrogen) atoms. The molecule has 6 heteroatoms. The van der Waals surface area contributed by atoms with Gasteiger partial charge in [0.1, 0.15) is 5.69 Å². The van der Waals surface area contributed by atoms with E-state index >= 15 is 0 Å². The molecule has 0 saturated carbocycles. The van der Waals surface area contributed by atoms with Gasteiger partial charge in [-0.05, 0) is 23.7 Å². The maximum atomic E-state index is 12.8. The maximum Gasteiger partial charge on any atom is 0.307 e. The molecule has 0 amide bonds. The van der Waals surface area contributed by atoms with Crippen molar-refractivity contribution in [2.75, 3.05) is 0 Å². The summed E-state index contributed by atoms with van der Waals surface area (Å²) >= 11 is 0. The number of nitro benzene ring substituents is 1. The van der Waals surface area contributed by atoms with Crippen molar-refractivity contribution in [3.05, 3.63) is 38.5 Å². The minimum atomic E-state index is -0.963. The zero-order valence-corrected chi connectivity index (χ0v) is 6.65. The lowest BCUT2D eigenvalue weighted by molar-refractivity contribution is -0.387. The minimum absolute atomic E-state index is 0.117. The van der Waals surface area contributed by atoms with E-state index in [1.54, 1.807) is 0 Å². The Morgan fingerprint density at radius 3 is 2.62 bits per heavy atom. The average molecular weight is 184 g/mol. The third-order valence-electron chi connectivity index (χ3n) is 1.56. The van der Waals surface area contributed by atoms with Crippen molar-refractivity contribution in [2.45, 2.75) is 6.92 Å². The number of rotatable bonds is 2. The van der Waals surface area contributed by atoms with Gasteiger partial charge in [0.15, 0.2) is 0 Å². The summed E-state index contributed by atoms with van der Waals surface area (Å²) in [7, 11) is 0. The molecular weight excluding hydrogens is 179 g/mol. The van der Waals surface area contributed by atoms with Gasteiger partial charge in [0.2, 0.25) is 5.82 Å². The van der Waals surface area contributed by atoms with Crippen LogP contribution >= 0.6 is 0 Å². The zero-order chi connectivity index (χ0) is 10.0. The Bertz CT molecular complexity index is 378. The fraction of sp³-hybridized carbons (Fsp3) is 0.143. The number of halogens is 1. The molecule has 1 aromatic carbocycles. The van der Waals surface area contributed by atoms with Gasteiger partial charge in [0.25, 0.3) is 0 Å². The van der Waals surface area contributed by atoms with Crippen molar-refractivity contribution < 1.29 is 9.31 Å². The molecule has 0 spiro atoms. The summed E-state index contributed by atoms with van der Waals surface area (Å²) in [5, 5.41) is 12.8. The molecule has 0 aromatic heterocycles. The molecule has 0 heterocycles. The first-order chi connectivity index (χ1) is 6.06. The van der Waals surface area contributed by atoms with E-state index in [2.05, 4.69) is 5.18 Å². The van der Waals surface area contributed by atoms with E-state index in [0.29, 0.717) is 0 Å². The Labute approximate surface area is 72.3 Å². The number of nitrogens with zero attached hydrogens (tertiary/aromatic N) is 2. The summed E-state index contributed by atoms with van der Waals surface area (Å²) < 4.78 is 12.8. The number of aryl methyl sites for hydroxylation is 1. The van der Waals surface area contributed by atoms with Crippen molar-refractivity contribution in [1.29, 1.82) is 0 Å². The van der Waals surface area contributed by atoms with Crippen LogP contribution in [0.1, 0.15) is 5.56 Å². The summed E-state index contributed by atoms with van der Waals surface area (Å²) in [5.41, 5.74) is -0.577. The van der Waals surface area contributed by atoms with E-state index in [9.17, 15) is 19.4 Å². The van der Waals surface area contributed by atoms with E-state index in [4.69, 9.17) is 0 Å². The van der Waals surface area contributed by atoms with Crippen LogP contribution in [0.25, 0.3) is 0 Å². The third kappa shape index (κ3) is 1.66. The highest BCUT2D eigenvalue weighted by Gasteiger charge is 2.16. The standard InChI is InChI=1S/C7H5FN2O3/c1-4-2-5(8)7(10(12)13)3-6(4)9-11/h2-3H,1H3. The van der Waals surface area contributed by atoms with Gasteiger partial charge in [-0.15, -0.1) is 4.91 Å². The lowest BCUT2D eigenvalue weighted by Gasteiger charge is -1.97. The Kier molecular flexibility index (Phi) is 2.32. The number of nitro groups is 1. The fourth-order valence-electron chi connectivity index (χ4n) is 0.889. The van der Waals surface area contributed by atoms with Gasteiger partial charge in [0, 0.05) is 6.07 Å². The van der Waals surface area contributed by atoms with Gasteiger partial charge < -0.3 is 0 Å². The summed E-state index contributed by atoms with van der Waals surface area (Å²) in [6, 6.07) is 1.73. The molecule has 1 rings (SSSR count). The Balaban J connectivity index is 3.38. The lowest BCUT2D eigenvalue weighted by Crippen LogP contribution is -1.92. The number of hydrogen-bond donors (Lipinski definition) is 0. The second kappa shape index (κ2) is 3.26. The maximum absolute atomic E-state index is 12.8. The fourth-order valence-corrected chi connectivity index (χ4v) is 0.889. The zero-order valence-electron chi connectivity index (χ0n) is 6.65. The normalized spacial score (nSPS) is 9.69. The third-order valence-corrected chi connectivity index (χ3v) is 1.56. The van der Waals surface area contributed by atoms with Crippen LogP contribution in [0.4, 0.5) is 15.8 Å². The number of hydrogen-bond acceptors (Lipinski definition) is 4. The lowest BCUT2D eigenvalue weighted by atomic mass is 10.2. The molecule has 0 aliphatic heterocycles. The van der Waals surface area contributed by atoms with Crippen molar-refractivity contribution in [2.24, 2.45) is 5.18 Å². The highest BCUT2D eigenvalue weighted by Crippen LogP contribution is 2.27. The molecule has 0 bridgehead atoms. The highest BCUT2D eigenvalue weighted by atomic mass is 19.1. The Morgan fingerprint density at radius 2 is 2.15 bits per heavy atom. The van der Waals surface area contributed by atoms with Crippen molar-refractivity contribution in [3.63, 3.8) is 0 Å². The average Bonchev–Trinajstić information content (AvgIpc) is 2.03. The second-order valence-electron chi connectivity index (χ2n) is 2.44. The molecule has 0 fully saturated rings. The van der Waals surface area contributed by atoms with E-state index in [0.717, 1.165) is 12.1 Å². The molecule has 0 aliphatic carbocycles. The monoisotopic (exact) mass is 184 g/mol. The van der Waals surface area contributed by atoms with E-state index in [-0.39, 0.29) is 11.3 Å². The molecule has 1 aromatic rings. The van der Waals surface area contributed by atoms with E-state index in [1.165, 1.54) is 6.92 Å². The highest BCUT2D eigenvalue weighted by molar-refractivity contribution is 5.53. The van der Waals surface area contributed by atoms with Crippen molar-refractivity contribution in [3.8, 4) is 0 Å². The van der Waals surface area contributed by atoms with Gasteiger partial charge in [-0.1, -0.05) is 0 Å². The first-order valence-electron chi connectivity index (χ1n) is 3.34. The second-order valence-corrected chi connectivity index (χ2v) is 2.44. The molecule has 0 saturated heterocycles. The number of benzene rings is 1. The predicted octanol–water partition coefficient (Wildman–Crippen LogP) is 2.44. The quantitative estimate of drug-likeness (QED) is 0.402. The van der Waals surface area contributed by atoms with Crippen LogP contribution in [0, 0.1) is 27.8 Å². The van der Waals surface area contributed by atoms with Crippen LogP contribution in [0.2, 0.25) is 0 Å². The van der Waals surface area contributed by atoms with Crippen LogP contribution in [0.15, 0.2) is 17.3 Å². The molecule has 5 nitrogen and oxygen atoms in total. The Hall–Kier alpha value is -1.85. The van der Waals surface area contributed by atoms with Crippen LogP contribution in [-0.4, -0.2) is 4.92 Å². The summed E-state index contributed by atoms with van der Waals surface area (Å²) in [4.78, 5) is 19.4. The van der Waals surface area contributed by atoms with Crippen LogP contribution < -0.4 is 0 Å². The SMILES string of the molecule is Cc1cc(F)c([N+](=O)[O-])cc1N=O.